The van der Waals surface area contributed by atoms with Crippen molar-refractivity contribution in [3.63, 3.8) is 0 Å². The minimum absolute atomic E-state index is 0.0671. The quantitative estimate of drug-likeness (QED) is 0.830. The van der Waals surface area contributed by atoms with Crippen LogP contribution in [0.15, 0.2) is 16.5 Å². The zero-order valence-electron chi connectivity index (χ0n) is 13.0. The minimum atomic E-state index is -3.63. The second-order valence-corrected chi connectivity index (χ2v) is 8.25. The largest absolute Gasteiger partial charge is 0.390 e. The SMILES string of the molecule is Cc1[nH]nc(CO)c1S(=O)(=O)N1CC=C(C(C)(C)C)CC1. The maximum absolute atomic E-state index is 12.7. The summed E-state index contributed by atoms with van der Waals surface area (Å²) < 4.78 is 26.9. The maximum atomic E-state index is 12.7. The standard InChI is InChI=1S/C14H23N3O3S/c1-10-13(12(9-18)16-15-10)21(19,20)17-7-5-11(6-8-17)14(2,3)4/h5,18H,6-9H2,1-4H3,(H,15,16). The van der Waals surface area contributed by atoms with Gasteiger partial charge in [0.2, 0.25) is 10.0 Å². The van der Waals surface area contributed by atoms with Gasteiger partial charge in [-0.3, -0.25) is 5.10 Å². The lowest BCUT2D eigenvalue weighted by Crippen LogP contribution is -2.37. The van der Waals surface area contributed by atoms with Gasteiger partial charge in [-0.1, -0.05) is 32.4 Å². The van der Waals surface area contributed by atoms with Gasteiger partial charge in [-0.05, 0) is 18.8 Å². The van der Waals surface area contributed by atoms with Gasteiger partial charge in [-0.15, -0.1) is 0 Å². The maximum Gasteiger partial charge on any atom is 0.247 e. The van der Waals surface area contributed by atoms with E-state index in [0.717, 1.165) is 6.42 Å². The third-order valence-corrected chi connectivity index (χ3v) is 5.91. The van der Waals surface area contributed by atoms with E-state index in [1.807, 2.05) is 6.08 Å². The number of aliphatic hydroxyl groups is 1. The smallest absolute Gasteiger partial charge is 0.247 e. The predicted molar refractivity (Wildman–Crippen MR) is 80.2 cm³/mol. The monoisotopic (exact) mass is 313 g/mol. The number of aliphatic hydroxyl groups excluding tert-OH is 1. The summed E-state index contributed by atoms with van der Waals surface area (Å²) in [4.78, 5) is 0.109. The molecule has 0 atom stereocenters. The van der Waals surface area contributed by atoms with Crippen LogP contribution in [0.25, 0.3) is 0 Å². The Kier molecular flexibility index (Phi) is 4.28. The number of hydrogen-bond donors (Lipinski definition) is 2. The minimum Gasteiger partial charge on any atom is -0.390 e. The summed E-state index contributed by atoms with van der Waals surface area (Å²) in [6, 6.07) is 0. The second-order valence-electron chi connectivity index (χ2n) is 6.37. The number of nitrogens with zero attached hydrogens (tertiary/aromatic N) is 2. The zero-order valence-corrected chi connectivity index (χ0v) is 13.8. The molecular weight excluding hydrogens is 290 g/mol. The van der Waals surface area contributed by atoms with Gasteiger partial charge in [0, 0.05) is 13.1 Å². The van der Waals surface area contributed by atoms with Crippen LogP contribution in [-0.4, -0.2) is 41.1 Å². The number of aryl methyl sites for hydroxylation is 1. The second kappa shape index (κ2) is 5.55. The number of nitrogens with one attached hydrogen (secondary N) is 1. The third-order valence-electron chi connectivity index (χ3n) is 3.84. The number of H-pyrrole nitrogens is 1. The van der Waals surface area contributed by atoms with Gasteiger partial charge in [0.05, 0.1) is 12.3 Å². The van der Waals surface area contributed by atoms with Gasteiger partial charge >= 0.3 is 0 Å². The Balaban J connectivity index is 2.31. The first-order valence-electron chi connectivity index (χ1n) is 7.02. The molecule has 1 aliphatic heterocycles. The summed E-state index contributed by atoms with van der Waals surface area (Å²) in [5.41, 5.74) is 1.99. The average molecular weight is 313 g/mol. The number of aromatic nitrogens is 2. The summed E-state index contributed by atoms with van der Waals surface area (Å²) in [6.45, 7) is 8.48. The van der Waals surface area contributed by atoms with Crippen molar-refractivity contribution in [2.45, 2.75) is 45.6 Å². The highest BCUT2D eigenvalue weighted by atomic mass is 32.2. The molecule has 2 rings (SSSR count). The molecule has 2 heterocycles. The van der Waals surface area contributed by atoms with Gasteiger partial charge in [0.15, 0.2) is 0 Å². The first kappa shape index (κ1) is 16.2. The van der Waals surface area contributed by atoms with E-state index in [-0.39, 0.29) is 16.0 Å². The van der Waals surface area contributed by atoms with Crippen LogP contribution < -0.4 is 0 Å². The molecule has 0 unspecified atom stereocenters. The third kappa shape index (κ3) is 3.04. The van der Waals surface area contributed by atoms with Crippen LogP contribution in [-0.2, 0) is 16.6 Å². The van der Waals surface area contributed by atoms with Crippen LogP contribution in [0.1, 0.15) is 38.6 Å². The number of aromatic amines is 1. The van der Waals surface area contributed by atoms with Gasteiger partial charge in [0.25, 0.3) is 0 Å². The molecule has 1 aromatic heterocycles. The van der Waals surface area contributed by atoms with Crippen molar-refractivity contribution in [3.05, 3.63) is 23.0 Å². The zero-order chi connectivity index (χ0) is 15.8. The molecule has 0 saturated heterocycles. The molecule has 118 valence electrons. The van der Waals surface area contributed by atoms with Crippen molar-refractivity contribution < 1.29 is 13.5 Å². The van der Waals surface area contributed by atoms with E-state index in [4.69, 9.17) is 0 Å². The van der Waals surface area contributed by atoms with E-state index in [1.54, 1.807) is 6.92 Å². The number of sulfonamides is 1. The van der Waals surface area contributed by atoms with E-state index in [2.05, 4.69) is 31.0 Å². The Hall–Kier alpha value is -1.18. The molecule has 7 heteroatoms. The topological polar surface area (TPSA) is 86.3 Å². The summed E-state index contributed by atoms with van der Waals surface area (Å²) >= 11 is 0. The van der Waals surface area contributed by atoms with Crippen LogP contribution in [0.3, 0.4) is 0 Å². The van der Waals surface area contributed by atoms with Crippen molar-refractivity contribution in [1.29, 1.82) is 0 Å². The van der Waals surface area contributed by atoms with E-state index in [9.17, 15) is 13.5 Å². The lowest BCUT2D eigenvalue weighted by atomic mass is 9.83. The molecule has 21 heavy (non-hydrogen) atoms. The molecular formula is C14H23N3O3S. The first-order valence-corrected chi connectivity index (χ1v) is 8.46. The van der Waals surface area contributed by atoms with Crippen LogP contribution in [0.5, 0.6) is 0 Å². The molecule has 0 fully saturated rings. The highest BCUT2D eigenvalue weighted by molar-refractivity contribution is 7.89. The van der Waals surface area contributed by atoms with Crippen LogP contribution in [0.4, 0.5) is 0 Å². The average Bonchev–Trinajstić information content (AvgIpc) is 2.79. The first-order chi connectivity index (χ1) is 9.67. The summed E-state index contributed by atoms with van der Waals surface area (Å²) in [7, 11) is -3.63. The molecule has 0 aromatic carbocycles. The molecule has 0 aliphatic carbocycles. The van der Waals surface area contributed by atoms with Crippen LogP contribution in [0.2, 0.25) is 0 Å². The lowest BCUT2D eigenvalue weighted by Gasteiger charge is -2.31. The van der Waals surface area contributed by atoms with E-state index < -0.39 is 16.6 Å². The van der Waals surface area contributed by atoms with Crippen molar-refractivity contribution >= 4 is 10.0 Å². The van der Waals surface area contributed by atoms with E-state index in [1.165, 1.54) is 9.88 Å². The molecule has 0 spiro atoms. The molecule has 0 saturated carbocycles. The van der Waals surface area contributed by atoms with Gasteiger partial charge in [-0.2, -0.15) is 9.40 Å². The molecule has 0 radical (unpaired) electrons. The molecule has 0 amide bonds. The highest BCUT2D eigenvalue weighted by Crippen LogP contribution is 2.32. The Morgan fingerprint density at radius 3 is 2.57 bits per heavy atom. The Morgan fingerprint density at radius 2 is 2.10 bits per heavy atom. The normalized spacial score (nSPS) is 17.9. The van der Waals surface area contributed by atoms with Crippen molar-refractivity contribution in [2.24, 2.45) is 5.41 Å². The fraction of sp³-hybridized carbons (Fsp3) is 0.643. The van der Waals surface area contributed by atoms with E-state index >= 15 is 0 Å². The number of hydrogen-bond acceptors (Lipinski definition) is 4. The Bertz CT molecular complexity index is 653. The van der Waals surface area contributed by atoms with Crippen molar-refractivity contribution in [3.8, 4) is 0 Å². The van der Waals surface area contributed by atoms with Gasteiger partial charge in [0.1, 0.15) is 10.6 Å². The number of rotatable bonds is 3. The molecule has 1 aliphatic rings. The highest BCUT2D eigenvalue weighted by Gasteiger charge is 2.32. The fourth-order valence-electron chi connectivity index (χ4n) is 2.60. The molecule has 1 aromatic rings. The molecule has 2 N–H and O–H groups in total. The van der Waals surface area contributed by atoms with Gasteiger partial charge < -0.3 is 5.11 Å². The van der Waals surface area contributed by atoms with Crippen LogP contribution in [0, 0.1) is 12.3 Å². The fourth-order valence-corrected chi connectivity index (χ4v) is 4.30. The van der Waals surface area contributed by atoms with E-state index in [0.29, 0.717) is 18.8 Å². The van der Waals surface area contributed by atoms with Crippen molar-refractivity contribution in [1.82, 2.24) is 14.5 Å². The summed E-state index contributed by atoms with van der Waals surface area (Å²) in [5.74, 6) is 0. The lowest BCUT2D eigenvalue weighted by molar-refractivity contribution is 0.273. The Morgan fingerprint density at radius 1 is 1.43 bits per heavy atom. The van der Waals surface area contributed by atoms with Gasteiger partial charge in [-0.25, -0.2) is 8.42 Å². The summed E-state index contributed by atoms with van der Waals surface area (Å²) in [5, 5.41) is 15.8. The molecule has 6 nitrogen and oxygen atoms in total. The summed E-state index contributed by atoms with van der Waals surface area (Å²) in [6.07, 6.45) is 2.73. The predicted octanol–water partition coefficient (Wildman–Crippen LogP) is 1.58. The Labute approximate surface area is 125 Å². The van der Waals surface area contributed by atoms with Crippen molar-refractivity contribution in [2.75, 3.05) is 13.1 Å². The molecule has 0 bridgehead atoms. The van der Waals surface area contributed by atoms with Crippen LogP contribution >= 0.6 is 0 Å².